The van der Waals surface area contributed by atoms with Gasteiger partial charge in [0, 0.05) is 11.8 Å². The van der Waals surface area contributed by atoms with E-state index in [1.54, 1.807) is 0 Å². The molecule has 0 nitrogen and oxygen atoms in total. The number of rotatable bonds is 9. The van der Waals surface area contributed by atoms with Crippen molar-refractivity contribution in [3.05, 3.63) is 0 Å². The zero-order chi connectivity index (χ0) is 19.2. The normalized spacial score (nSPS) is 31.2. The van der Waals surface area contributed by atoms with E-state index in [1.807, 2.05) is 0 Å². The largest absolute Gasteiger partial charge is 0.313 e. The molecule has 0 amide bonds. The lowest BCUT2D eigenvalue weighted by Gasteiger charge is -2.42. The Morgan fingerprint density at radius 3 is 1.38 bits per heavy atom. The number of alkyl halides is 4. The number of hydrogen-bond acceptors (Lipinski definition) is 0. The first-order valence-electron chi connectivity index (χ1n) is 11.1. The van der Waals surface area contributed by atoms with Crippen LogP contribution in [0.15, 0.2) is 0 Å². The van der Waals surface area contributed by atoms with Crippen LogP contribution in [0.3, 0.4) is 0 Å². The maximum atomic E-state index is 14.8. The average molecular weight is 379 g/mol. The molecule has 0 unspecified atom stereocenters. The summed E-state index contributed by atoms with van der Waals surface area (Å²) >= 11 is 0. The third-order valence-corrected chi connectivity index (χ3v) is 7.08. The molecule has 4 heteroatoms. The fourth-order valence-electron chi connectivity index (χ4n) is 5.26. The van der Waals surface area contributed by atoms with Crippen LogP contribution in [0.25, 0.3) is 0 Å². The lowest BCUT2D eigenvalue weighted by Crippen LogP contribution is -2.52. The molecule has 2 rings (SSSR count). The van der Waals surface area contributed by atoms with Gasteiger partial charge in [-0.25, -0.2) is 0 Å². The molecule has 2 aliphatic carbocycles. The smallest absolute Gasteiger partial charge is 0.200 e. The van der Waals surface area contributed by atoms with Crippen molar-refractivity contribution in [2.45, 2.75) is 116 Å². The number of hydrogen-bond donors (Lipinski definition) is 0. The van der Waals surface area contributed by atoms with Gasteiger partial charge in [-0.3, -0.25) is 0 Å². The summed E-state index contributed by atoms with van der Waals surface area (Å²) in [6.07, 6.45) is 10.5. The van der Waals surface area contributed by atoms with E-state index in [4.69, 9.17) is 0 Å². The van der Waals surface area contributed by atoms with E-state index in [0.29, 0.717) is 37.5 Å². The molecule has 0 heterocycles. The van der Waals surface area contributed by atoms with Gasteiger partial charge >= 0.3 is 11.8 Å². The number of unbranched alkanes of at least 4 members (excludes halogenated alkanes) is 2. The summed E-state index contributed by atoms with van der Waals surface area (Å²) < 4.78 is 59.2. The summed E-state index contributed by atoms with van der Waals surface area (Å²) in [4.78, 5) is 0. The predicted molar refractivity (Wildman–Crippen MR) is 99.8 cm³/mol. The molecule has 2 fully saturated rings. The third kappa shape index (κ3) is 5.16. The Morgan fingerprint density at radius 1 is 0.577 bits per heavy atom. The summed E-state index contributed by atoms with van der Waals surface area (Å²) in [6.45, 7) is 4.24. The molecule has 0 aromatic carbocycles. The maximum Gasteiger partial charge on any atom is 0.313 e. The Bertz CT molecular complexity index is 391. The molecule has 154 valence electrons. The highest BCUT2D eigenvalue weighted by molar-refractivity contribution is 4.97. The first-order chi connectivity index (χ1) is 12.3. The highest BCUT2D eigenvalue weighted by Crippen LogP contribution is 2.53. The topological polar surface area (TPSA) is 0 Å². The summed E-state index contributed by atoms with van der Waals surface area (Å²) in [5, 5.41) is 0. The molecule has 0 bridgehead atoms. The first-order valence-corrected chi connectivity index (χ1v) is 11.1. The van der Waals surface area contributed by atoms with Gasteiger partial charge in [0.15, 0.2) is 0 Å². The lowest BCUT2D eigenvalue weighted by molar-refractivity contribution is -0.270. The molecule has 26 heavy (non-hydrogen) atoms. The van der Waals surface area contributed by atoms with Crippen LogP contribution >= 0.6 is 0 Å². The number of halogens is 4. The summed E-state index contributed by atoms with van der Waals surface area (Å²) in [5.74, 6) is -9.03. The van der Waals surface area contributed by atoms with Crippen LogP contribution in [0.5, 0.6) is 0 Å². The van der Waals surface area contributed by atoms with E-state index >= 15 is 0 Å². The molecule has 2 saturated carbocycles. The summed E-state index contributed by atoms with van der Waals surface area (Å²) in [5.41, 5.74) is 0. The highest BCUT2D eigenvalue weighted by atomic mass is 19.3. The monoisotopic (exact) mass is 378 g/mol. The molecular formula is C22H38F4. The first kappa shape index (κ1) is 22.0. The second-order valence-electron chi connectivity index (χ2n) is 8.97. The van der Waals surface area contributed by atoms with Crippen molar-refractivity contribution in [1.82, 2.24) is 0 Å². The average Bonchev–Trinajstić information content (AvgIpc) is 2.63. The van der Waals surface area contributed by atoms with E-state index in [2.05, 4.69) is 13.8 Å². The molecular weight excluding hydrogens is 340 g/mol. The third-order valence-electron chi connectivity index (χ3n) is 7.08. The van der Waals surface area contributed by atoms with Crippen molar-refractivity contribution in [3.8, 4) is 0 Å². The van der Waals surface area contributed by atoms with Crippen molar-refractivity contribution in [3.63, 3.8) is 0 Å². The van der Waals surface area contributed by atoms with Crippen LogP contribution in [0, 0.1) is 23.7 Å². The standard InChI is InChI=1S/C22H38F4/c1-3-5-6-8-18-11-15-20(16-12-18)22(25,26)21(23,24)19-13-9-17(7-4-2)10-14-19/h17-20H,3-16H2,1-2H3. The molecule has 0 spiro atoms. The van der Waals surface area contributed by atoms with E-state index < -0.39 is 23.7 Å². The van der Waals surface area contributed by atoms with Crippen molar-refractivity contribution >= 4 is 0 Å². The second-order valence-corrected chi connectivity index (χ2v) is 8.97. The minimum absolute atomic E-state index is 0.264. The zero-order valence-corrected chi connectivity index (χ0v) is 16.7. The van der Waals surface area contributed by atoms with Crippen molar-refractivity contribution in [1.29, 1.82) is 0 Å². The lowest BCUT2D eigenvalue weighted by atomic mass is 9.71. The summed E-state index contributed by atoms with van der Waals surface area (Å²) in [7, 11) is 0. The molecule has 2 aliphatic rings. The Balaban J connectivity index is 1.88. The zero-order valence-electron chi connectivity index (χ0n) is 16.7. The molecule has 0 aromatic heterocycles. The Hall–Kier alpha value is -0.280. The van der Waals surface area contributed by atoms with Gasteiger partial charge in [-0.1, -0.05) is 52.4 Å². The fraction of sp³-hybridized carbons (Fsp3) is 1.00. The van der Waals surface area contributed by atoms with Crippen LogP contribution in [-0.4, -0.2) is 11.8 Å². The van der Waals surface area contributed by atoms with Crippen molar-refractivity contribution in [2.75, 3.05) is 0 Å². The van der Waals surface area contributed by atoms with Gasteiger partial charge in [0.25, 0.3) is 0 Å². The van der Waals surface area contributed by atoms with Gasteiger partial charge in [0.2, 0.25) is 0 Å². The Kier molecular flexibility index (Phi) is 8.28. The van der Waals surface area contributed by atoms with Crippen LogP contribution in [0.1, 0.15) is 104 Å². The van der Waals surface area contributed by atoms with Gasteiger partial charge in [0.1, 0.15) is 0 Å². The minimum atomic E-state index is -3.84. The minimum Gasteiger partial charge on any atom is -0.200 e. The maximum absolute atomic E-state index is 14.8. The highest BCUT2D eigenvalue weighted by Gasteiger charge is 2.64. The Labute approximate surface area is 157 Å². The van der Waals surface area contributed by atoms with Crippen LogP contribution in [-0.2, 0) is 0 Å². The van der Waals surface area contributed by atoms with Crippen LogP contribution < -0.4 is 0 Å². The van der Waals surface area contributed by atoms with Gasteiger partial charge in [-0.05, 0) is 63.2 Å². The van der Waals surface area contributed by atoms with E-state index in [0.717, 1.165) is 32.1 Å². The van der Waals surface area contributed by atoms with Gasteiger partial charge in [-0.2, -0.15) is 17.6 Å². The van der Waals surface area contributed by atoms with E-state index in [9.17, 15) is 17.6 Å². The molecule has 0 radical (unpaired) electrons. The molecule has 0 saturated heterocycles. The van der Waals surface area contributed by atoms with Gasteiger partial charge < -0.3 is 0 Å². The summed E-state index contributed by atoms with van der Waals surface area (Å²) in [6, 6.07) is 0. The molecule has 0 atom stereocenters. The molecule has 0 N–H and O–H groups in total. The van der Waals surface area contributed by atoms with E-state index in [1.165, 1.54) is 6.42 Å². The SMILES string of the molecule is CCCCCC1CCC(C(F)(F)C(F)(F)C2CCC(CCC)CC2)CC1. The van der Waals surface area contributed by atoms with E-state index in [-0.39, 0.29) is 25.7 Å². The fourth-order valence-corrected chi connectivity index (χ4v) is 5.26. The second kappa shape index (κ2) is 9.78. The van der Waals surface area contributed by atoms with Crippen molar-refractivity contribution in [2.24, 2.45) is 23.7 Å². The quantitative estimate of drug-likeness (QED) is 0.280. The van der Waals surface area contributed by atoms with Crippen LogP contribution in [0.4, 0.5) is 17.6 Å². The Morgan fingerprint density at radius 2 is 1.00 bits per heavy atom. The van der Waals surface area contributed by atoms with Gasteiger partial charge in [0.05, 0.1) is 0 Å². The van der Waals surface area contributed by atoms with Crippen LogP contribution in [0.2, 0.25) is 0 Å². The predicted octanol–water partition coefficient (Wildman–Crippen LogP) is 8.25. The van der Waals surface area contributed by atoms with Gasteiger partial charge in [-0.15, -0.1) is 0 Å². The molecule has 0 aromatic rings. The van der Waals surface area contributed by atoms with Crippen molar-refractivity contribution < 1.29 is 17.6 Å². The molecule has 0 aliphatic heterocycles.